The molecule has 0 saturated carbocycles. The van der Waals surface area contributed by atoms with Gasteiger partial charge in [-0.25, -0.2) is 9.97 Å². The number of hydrogen-bond acceptors (Lipinski definition) is 5. The molecule has 0 aliphatic heterocycles. The third kappa shape index (κ3) is 2.36. The summed E-state index contributed by atoms with van der Waals surface area (Å²) in [6, 6.07) is 0. The van der Waals surface area contributed by atoms with Gasteiger partial charge in [-0.1, -0.05) is 0 Å². The van der Waals surface area contributed by atoms with Crippen LogP contribution in [0.3, 0.4) is 0 Å². The van der Waals surface area contributed by atoms with Crippen molar-refractivity contribution in [1.82, 2.24) is 19.9 Å². The Bertz CT molecular complexity index is 520. The molecule has 2 aromatic heterocycles. The smallest absolute Gasteiger partial charge is 0.226 e. The standard InChI is InChI=1S/C10H12ClN5/c1-10(2,3)16-8-6-7(13-5-4-12-6)14-9(11)15-8/h4-5H,1-3H3,(H,13,14,15,16). The van der Waals surface area contributed by atoms with E-state index >= 15 is 0 Å². The SMILES string of the molecule is CC(C)(C)Nc1nc(Cl)nc2nccnc12. The monoisotopic (exact) mass is 237 g/mol. The van der Waals surface area contributed by atoms with Crippen LogP contribution in [0.25, 0.3) is 11.2 Å². The van der Waals surface area contributed by atoms with Crippen LogP contribution >= 0.6 is 11.6 Å². The molecular weight excluding hydrogens is 226 g/mol. The van der Waals surface area contributed by atoms with Crippen molar-refractivity contribution in [3.05, 3.63) is 17.7 Å². The van der Waals surface area contributed by atoms with Crippen LogP contribution in [0.15, 0.2) is 12.4 Å². The number of fused-ring (bicyclic) bond motifs is 1. The van der Waals surface area contributed by atoms with Gasteiger partial charge in [-0.3, -0.25) is 0 Å². The lowest BCUT2D eigenvalue weighted by Gasteiger charge is -2.21. The highest BCUT2D eigenvalue weighted by atomic mass is 35.5. The Morgan fingerprint density at radius 1 is 1.12 bits per heavy atom. The molecule has 0 atom stereocenters. The fourth-order valence-electron chi connectivity index (χ4n) is 1.28. The van der Waals surface area contributed by atoms with Crippen molar-refractivity contribution < 1.29 is 0 Å². The van der Waals surface area contributed by atoms with Crippen LogP contribution < -0.4 is 5.32 Å². The predicted molar refractivity (Wildman–Crippen MR) is 63.5 cm³/mol. The highest BCUT2D eigenvalue weighted by Crippen LogP contribution is 2.21. The van der Waals surface area contributed by atoms with Crippen LogP contribution in [0.2, 0.25) is 5.28 Å². The molecule has 0 fully saturated rings. The summed E-state index contributed by atoms with van der Waals surface area (Å²) in [6.45, 7) is 6.10. The first-order valence-electron chi connectivity index (χ1n) is 4.88. The number of hydrogen-bond donors (Lipinski definition) is 1. The molecule has 0 spiro atoms. The molecule has 16 heavy (non-hydrogen) atoms. The summed E-state index contributed by atoms with van der Waals surface area (Å²) < 4.78 is 0. The van der Waals surface area contributed by atoms with E-state index in [4.69, 9.17) is 11.6 Å². The zero-order valence-corrected chi connectivity index (χ0v) is 10.1. The molecule has 0 radical (unpaired) electrons. The molecule has 5 nitrogen and oxygen atoms in total. The Morgan fingerprint density at radius 2 is 1.81 bits per heavy atom. The topological polar surface area (TPSA) is 63.6 Å². The van der Waals surface area contributed by atoms with Crippen LogP contribution in [-0.4, -0.2) is 25.5 Å². The highest BCUT2D eigenvalue weighted by Gasteiger charge is 2.15. The maximum Gasteiger partial charge on any atom is 0.226 e. The number of aromatic nitrogens is 4. The minimum atomic E-state index is -0.123. The summed E-state index contributed by atoms with van der Waals surface area (Å²) in [6.07, 6.45) is 3.18. The van der Waals surface area contributed by atoms with Gasteiger partial charge < -0.3 is 5.32 Å². The van der Waals surface area contributed by atoms with Gasteiger partial charge >= 0.3 is 0 Å². The van der Waals surface area contributed by atoms with E-state index in [1.165, 1.54) is 0 Å². The van der Waals surface area contributed by atoms with Crippen LogP contribution in [0, 0.1) is 0 Å². The molecule has 6 heteroatoms. The third-order valence-corrected chi connectivity index (χ3v) is 1.97. The van der Waals surface area contributed by atoms with Gasteiger partial charge in [0, 0.05) is 17.9 Å². The molecular formula is C10H12ClN5. The minimum Gasteiger partial charge on any atom is -0.363 e. The number of nitrogens with one attached hydrogen (secondary N) is 1. The second-order valence-electron chi connectivity index (χ2n) is 4.44. The first-order valence-corrected chi connectivity index (χ1v) is 5.26. The molecule has 0 aromatic carbocycles. The van der Waals surface area contributed by atoms with E-state index in [-0.39, 0.29) is 10.8 Å². The third-order valence-electron chi connectivity index (χ3n) is 1.80. The summed E-state index contributed by atoms with van der Waals surface area (Å²) in [5.41, 5.74) is 0.998. The molecule has 2 heterocycles. The van der Waals surface area contributed by atoms with Gasteiger partial charge in [-0.05, 0) is 32.4 Å². The maximum atomic E-state index is 5.82. The van der Waals surface area contributed by atoms with E-state index in [9.17, 15) is 0 Å². The van der Waals surface area contributed by atoms with Gasteiger partial charge in [-0.2, -0.15) is 9.97 Å². The minimum absolute atomic E-state index is 0.123. The van der Waals surface area contributed by atoms with Gasteiger partial charge in [0.25, 0.3) is 0 Å². The van der Waals surface area contributed by atoms with E-state index in [2.05, 4.69) is 25.3 Å². The quantitative estimate of drug-likeness (QED) is 0.771. The van der Waals surface area contributed by atoms with Gasteiger partial charge in [0.15, 0.2) is 17.0 Å². The molecule has 0 aliphatic carbocycles. The van der Waals surface area contributed by atoms with E-state index in [0.29, 0.717) is 17.0 Å². The van der Waals surface area contributed by atoms with Crippen molar-refractivity contribution in [2.75, 3.05) is 5.32 Å². The molecule has 0 bridgehead atoms. The lowest BCUT2D eigenvalue weighted by atomic mass is 10.1. The van der Waals surface area contributed by atoms with Gasteiger partial charge in [0.2, 0.25) is 5.28 Å². The van der Waals surface area contributed by atoms with Crippen molar-refractivity contribution in [1.29, 1.82) is 0 Å². The molecule has 1 N–H and O–H groups in total. The van der Waals surface area contributed by atoms with Crippen LogP contribution in [0.5, 0.6) is 0 Å². The van der Waals surface area contributed by atoms with Gasteiger partial charge in [-0.15, -0.1) is 0 Å². The Kier molecular flexibility index (Phi) is 2.63. The van der Waals surface area contributed by atoms with Crippen molar-refractivity contribution in [3.63, 3.8) is 0 Å². The number of halogens is 1. The van der Waals surface area contributed by atoms with Crippen molar-refractivity contribution >= 4 is 28.6 Å². The number of nitrogens with zero attached hydrogens (tertiary/aromatic N) is 4. The fraction of sp³-hybridized carbons (Fsp3) is 0.400. The van der Waals surface area contributed by atoms with Crippen LogP contribution in [0.4, 0.5) is 5.82 Å². The van der Waals surface area contributed by atoms with Crippen LogP contribution in [-0.2, 0) is 0 Å². The van der Waals surface area contributed by atoms with Crippen molar-refractivity contribution in [3.8, 4) is 0 Å². The summed E-state index contributed by atoms with van der Waals surface area (Å²) in [7, 11) is 0. The van der Waals surface area contributed by atoms with E-state index in [1.807, 2.05) is 20.8 Å². The molecule has 0 unspecified atom stereocenters. The zero-order valence-electron chi connectivity index (χ0n) is 9.32. The zero-order chi connectivity index (χ0) is 11.8. The average Bonchev–Trinajstić information content (AvgIpc) is 2.14. The van der Waals surface area contributed by atoms with Gasteiger partial charge in [0.05, 0.1) is 0 Å². The number of rotatable bonds is 1. The summed E-state index contributed by atoms with van der Waals surface area (Å²) in [5, 5.41) is 3.39. The molecule has 2 aromatic rings. The second kappa shape index (κ2) is 3.83. The maximum absolute atomic E-state index is 5.82. The Morgan fingerprint density at radius 3 is 2.50 bits per heavy atom. The second-order valence-corrected chi connectivity index (χ2v) is 4.78. The average molecular weight is 238 g/mol. The highest BCUT2D eigenvalue weighted by molar-refractivity contribution is 6.28. The Balaban J connectivity index is 2.59. The lowest BCUT2D eigenvalue weighted by Crippen LogP contribution is -2.27. The molecule has 2 rings (SSSR count). The van der Waals surface area contributed by atoms with Gasteiger partial charge in [0.1, 0.15) is 0 Å². The summed E-state index contributed by atoms with van der Waals surface area (Å²) in [5.74, 6) is 0.607. The predicted octanol–water partition coefficient (Wildman–Crippen LogP) is 2.28. The first kappa shape index (κ1) is 11.0. The first-order chi connectivity index (χ1) is 7.46. The van der Waals surface area contributed by atoms with E-state index in [0.717, 1.165) is 0 Å². The summed E-state index contributed by atoms with van der Waals surface area (Å²) >= 11 is 5.82. The summed E-state index contributed by atoms with van der Waals surface area (Å²) in [4.78, 5) is 16.4. The Hall–Kier alpha value is -1.49. The van der Waals surface area contributed by atoms with Crippen molar-refractivity contribution in [2.45, 2.75) is 26.3 Å². The van der Waals surface area contributed by atoms with Crippen LogP contribution in [0.1, 0.15) is 20.8 Å². The van der Waals surface area contributed by atoms with E-state index < -0.39 is 0 Å². The fourth-order valence-corrected chi connectivity index (χ4v) is 1.44. The molecule has 0 aliphatic rings. The molecule has 84 valence electrons. The number of anilines is 1. The largest absolute Gasteiger partial charge is 0.363 e. The normalized spacial score (nSPS) is 11.8. The van der Waals surface area contributed by atoms with E-state index in [1.54, 1.807) is 12.4 Å². The van der Waals surface area contributed by atoms with Crippen molar-refractivity contribution in [2.24, 2.45) is 0 Å². The molecule has 0 amide bonds. The Labute approximate surface area is 98.3 Å². The molecule has 0 saturated heterocycles. The lowest BCUT2D eigenvalue weighted by molar-refractivity contribution is 0.631.